The molecule has 0 aliphatic carbocycles. The molecule has 1 rings (SSSR count). The first kappa shape index (κ1) is 13.5. The molecule has 8 heteroatoms. The first-order chi connectivity index (χ1) is 7.13. The molecule has 16 heavy (non-hydrogen) atoms. The van der Waals surface area contributed by atoms with E-state index >= 15 is 0 Å². The lowest BCUT2D eigenvalue weighted by Gasteiger charge is -2.20. The average Bonchev–Trinajstić information content (AvgIpc) is 2.09. The first-order valence-corrected chi connectivity index (χ1v) is 4.89. The molecule has 0 heterocycles. The summed E-state index contributed by atoms with van der Waals surface area (Å²) in [6, 6.07) is 2.99. The van der Waals surface area contributed by atoms with E-state index < -0.39 is 18.0 Å². The van der Waals surface area contributed by atoms with Gasteiger partial charge in [-0.1, -0.05) is 11.6 Å². The number of hydrogen-bond acceptors (Lipinski definition) is 1. The zero-order chi connectivity index (χ0) is 12.6. The van der Waals surface area contributed by atoms with Gasteiger partial charge in [0.1, 0.15) is 5.75 Å². The number of hydrogen-bond donors (Lipinski definition) is 0. The van der Waals surface area contributed by atoms with Gasteiger partial charge in [0.2, 0.25) is 0 Å². The molecule has 0 aliphatic rings. The normalized spacial score (nSPS) is 12.7. The van der Waals surface area contributed by atoms with Crippen LogP contribution in [0.2, 0.25) is 5.02 Å². The predicted molar refractivity (Wildman–Crippen MR) is 50.8 cm³/mol. The van der Waals surface area contributed by atoms with E-state index in [0.29, 0.717) is 4.47 Å². The summed E-state index contributed by atoms with van der Waals surface area (Å²) in [6.07, 6.45) is -11.0. The number of alkyl halides is 5. The van der Waals surface area contributed by atoms with Crippen LogP contribution in [0.15, 0.2) is 22.7 Å². The van der Waals surface area contributed by atoms with E-state index in [0.717, 1.165) is 12.1 Å². The Morgan fingerprint density at radius 1 is 1.12 bits per heavy atom. The standard InChI is InChI=1S/C8H3BrClF5O/c9-5-2-1-4(3-6(5)10)16-8(14,15)7(11,12)13/h1-3H. The zero-order valence-electron chi connectivity index (χ0n) is 7.29. The molecule has 90 valence electrons. The van der Waals surface area contributed by atoms with Crippen molar-refractivity contribution in [3.63, 3.8) is 0 Å². The monoisotopic (exact) mass is 324 g/mol. The molecule has 0 atom stereocenters. The van der Waals surface area contributed by atoms with Crippen molar-refractivity contribution in [3.05, 3.63) is 27.7 Å². The molecule has 0 aromatic heterocycles. The smallest absolute Gasteiger partial charge is 0.426 e. The third kappa shape index (κ3) is 2.98. The summed E-state index contributed by atoms with van der Waals surface area (Å²) in [6.45, 7) is 0. The van der Waals surface area contributed by atoms with Gasteiger partial charge in [0.05, 0.1) is 5.02 Å². The Morgan fingerprint density at radius 3 is 2.12 bits per heavy atom. The highest BCUT2D eigenvalue weighted by Gasteiger charge is 2.61. The van der Waals surface area contributed by atoms with Crippen molar-refractivity contribution in [3.8, 4) is 5.75 Å². The van der Waals surface area contributed by atoms with Crippen LogP contribution >= 0.6 is 27.5 Å². The summed E-state index contributed by atoms with van der Waals surface area (Å²) in [4.78, 5) is 0. The van der Waals surface area contributed by atoms with Gasteiger partial charge >= 0.3 is 12.3 Å². The summed E-state index contributed by atoms with van der Waals surface area (Å²) >= 11 is 8.46. The van der Waals surface area contributed by atoms with E-state index in [1.165, 1.54) is 6.07 Å². The second kappa shape index (κ2) is 4.37. The lowest BCUT2D eigenvalue weighted by Crippen LogP contribution is -2.41. The van der Waals surface area contributed by atoms with E-state index in [2.05, 4.69) is 20.7 Å². The summed E-state index contributed by atoms with van der Waals surface area (Å²) in [5.74, 6) is -0.671. The van der Waals surface area contributed by atoms with Crippen LogP contribution in [0.3, 0.4) is 0 Å². The Balaban J connectivity index is 2.93. The molecular formula is C8H3BrClF5O. The number of ether oxygens (including phenoxy) is 1. The Bertz CT molecular complexity index is 393. The predicted octanol–water partition coefficient (Wildman–Crippen LogP) is 4.64. The number of rotatable bonds is 2. The van der Waals surface area contributed by atoms with Gasteiger partial charge in [-0.3, -0.25) is 0 Å². The van der Waals surface area contributed by atoms with Crippen molar-refractivity contribution < 1.29 is 26.7 Å². The van der Waals surface area contributed by atoms with E-state index in [1.54, 1.807) is 0 Å². The topological polar surface area (TPSA) is 9.23 Å². The van der Waals surface area contributed by atoms with Crippen molar-refractivity contribution in [1.29, 1.82) is 0 Å². The van der Waals surface area contributed by atoms with Gasteiger partial charge in [-0.2, -0.15) is 22.0 Å². The minimum absolute atomic E-state index is 0.0320. The quantitative estimate of drug-likeness (QED) is 0.720. The Kier molecular flexibility index (Phi) is 3.69. The van der Waals surface area contributed by atoms with E-state index in [4.69, 9.17) is 11.6 Å². The highest BCUT2D eigenvalue weighted by atomic mass is 79.9. The summed E-state index contributed by atoms with van der Waals surface area (Å²) in [5.41, 5.74) is 0. The van der Waals surface area contributed by atoms with Gasteiger partial charge in [0, 0.05) is 10.5 Å². The van der Waals surface area contributed by atoms with Crippen LogP contribution in [0, 0.1) is 0 Å². The zero-order valence-corrected chi connectivity index (χ0v) is 9.63. The van der Waals surface area contributed by atoms with Crippen LogP contribution in [0.1, 0.15) is 0 Å². The SMILES string of the molecule is FC(F)(F)C(F)(F)Oc1ccc(Br)c(Cl)c1. The van der Waals surface area contributed by atoms with Crippen molar-refractivity contribution in [1.82, 2.24) is 0 Å². The molecule has 0 radical (unpaired) electrons. The van der Waals surface area contributed by atoms with Crippen molar-refractivity contribution >= 4 is 27.5 Å². The van der Waals surface area contributed by atoms with Crippen molar-refractivity contribution in [2.24, 2.45) is 0 Å². The number of benzene rings is 1. The maximum Gasteiger partial charge on any atom is 0.499 e. The molecule has 0 saturated carbocycles. The molecule has 0 aliphatic heterocycles. The van der Waals surface area contributed by atoms with Crippen molar-refractivity contribution in [2.45, 2.75) is 12.3 Å². The second-order valence-corrected chi connectivity index (χ2v) is 3.95. The van der Waals surface area contributed by atoms with Gasteiger partial charge < -0.3 is 4.74 Å². The van der Waals surface area contributed by atoms with E-state index in [1.807, 2.05) is 0 Å². The van der Waals surface area contributed by atoms with Crippen LogP contribution in [-0.2, 0) is 0 Å². The maximum atomic E-state index is 12.4. The lowest BCUT2D eigenvalue weighted by atomic mass is 10.3. The summed E-state index contributed by atoms with van der Waals surface area (Å²) in [7, 11) is 0. The molecule has 0 saturated heterocycles. The van der Waals surface area contributed by atoms with Crippen LogP contribution in [-0.4, -0.2) is 12.3 Å². The van der Waals surface area contributed by atoms with Gasteiger partial charge in [-0.05, 0) is 28.1 Å². The van der Waals surface area contributed by atoms with Crippen molar-refractivity contribution in [2.75, 3.05) is 0 Å². The van der Waals surface area contributed by atoms with Gasteiger partial charge in [-0.25, -0.2) is 0 Å². The summed E-state index contributed by atoms with van der Waals surface area (Å²) in [5, 5.41) is -0.0320. The molecule has 0 unspecified atom stereocenters. The lowest BCUT2D eigenvalue weighted by molar-refractivity contribution is -0.360. The Morgan fingerprint density at radius 2 is 1.69 bits per heavy atom. The fourth-order valence-electron chi connectivity index (χ4n) is 0.746. The third-order valence-electron chi connectivity index (χ3n) is 1.47. The molecular weight excluding hydrogens is 322 g/mol. The van der Waals surface area contributed by atoms with E-state index in [9.17, 15) is 22.0 Å². The third-order valence-corrected chi connectivity index (χ3v) is 2.70. The molecule has 1 aromatic carbocycles. The molecule has 0 bridgehead atoms. The Labute approximate surface area is 100 Å². The van der Waals surface area contributed by atoms with Crippen LogP contribution < -0.4 is 4.74 Å². The van der Waals surface area contributed by atoms with Crippen LogP contribution in [0.5, 0.6) is 5.75 Å². The molecule has 0 spiro atoms. The molecule has 1 aromatic rings. The van der Waals surface area contributed by atoms with E-state index in [-0.39, 0.29) is 5.02 Å². The number of halogens is 7. The minimum atomic E-state index is -5.77. The maximum absolute atomic E-state index is 12.4. The van der Waals surface area contributed by atoms with Crippen LogP contribution in [0.25, 0.3) is 0 Å². The minimum Gasteiger partial charge on any atom is -0.426 e. The Hall–Kier alpha value is -0.560. The fraction of sp³-hybridized carbons (Fsp3) is 0.250. The highest BCUT2D eigenvalue weighted by molar-refractivity contribution is 9.10. The van der Waals surface area contributed by atoms with Gasteiger partial charge in [-0.15, -0.1) is 0 Å². The molecule has 0 N–H and O–H groups in total. The largest absolute Gasteiger partial charge is 0.499 e. The van der Waals surface area contributed by atoms with Gasteiger partial charge in [0.15, 0.2) is 0 Å². The summed E-state index contributed by atoms with van der Waals surface area (Å²) < 4.78 is 64.1. The molecule has 1 nitrogen and oxygen atoms in total. The molecule has 0 fully saturated rings. The average molecular weight is 325 g/mol. The highest BCUT2D eigenvalue weighted by Crippen LogP contribution is 2.38. The van der Waals surface area contributed by atoms with Crippen LogP contribution in [0.4, 0.5) is 22.0 Å². The first-order valence-electron chi connectivity index (χ1n) is 3.72. The molecule has 0 amide bonds. The van der Waals surface area contributed by atoms with Gasteiger partial charge in [0.25, 0.3) is 0 Å². The fourth-order valence-corrected chi connectivity index (χ4v) is 1.16. The second-order valence-electron chi connectivity index (χ2n) is 2.69.